The molecule has 0 heterocycles. The molecule has 0 spiro atoms. The minimum Gasteiger partial charge on any atom is -0.481 e. The molecule has 0 bridgehead atoms. The van der Waals surface area contributed by atoms with Crippen LogP contribution in [0, 0.1) is 0 Å². The molecule has 12 heavy (non-hydrogen) atoms. The van der Waals surface area contributed by atoms with Crippen LogP contribution in [0.25, 0.3) is 0 Å². The van der Waals surface area contributed by atoms with Crippen LogP contribution in [-0.2, 0) is 9.53 Å². The second kappa shape index (κ2) is 8.87. The van der Waals surface area contributed by atoms with Crippen molar-refractivity contribution in [3.05, 3.63) is 0 Å². The van der Waals surface area contributed by atoms with Gasteiger partial charge in [0.25, 0.3) is 0 Å². The van der Waals surface area contributed by atoms with Gasteiger partial charge in [0.1, 0.15) is 0 Å². The van der Waals surface area contributed by atoms with Gasteiger partial charge in [-0.1, -0.05) is 0 Å². The lowest BCUT2D eigenvalue weighted by Gasteiger charge is -2.00. The number of thioether (sulfide) groups is 1. The molecule has 72 valence electrons. The molecule has 0 aliphatic rings. The van der Waals surface area contributed by atoms with Crippen LogP contribution in [0.1, 0.15) is 19.8 Å². The summed E-state index contributed by atoms with van der Waals surface area (Å²) in [6, 6.07) is 0. The van der Waals surface area contributed by atoms with E-state index in [0.29, 0.717) is 5.75 Å². The van der Waals surface area contributed by atoms with E-state index in [1.165, 1.54) is 0 Å². The maximum atomic E-state index is 10.1. The van der Waals surface area contributed by atoms with Crippen LogP contribution in [0.3, 0.4) is 0 Å². The summed E-state index contributed by atoms with van der Waals surface area (Å²) < 4.78 is 5.13. The van der Waals surface area contributed by atoms with Gasteiger partial charge in [-0.25, -0.2) is 0 Å². The van der Waals surface area contributed by atoms with E-state index in [2.05, 4.69) is 0 Å². The maximum absolute atomic E-state index is 10.1. The van der Waals surface area contributed by atoms with Crippen molar-refractivity contribution in [2.24, 2.45) is 0 Å². The lowest BCUT2D eigenvalue weighted by molar-refractivity contribution is -0.136. The van der Waals surface area contributed by atoms with Crippen LogP contribution in [-0.4, -0.2) is 35.8 Å². The number of carboxylic acid groups (broad SMARTS) is 1. The second-order valence-electron chi connectivity index (χ2n) is 2.31. The smallest absolute Gasteiger partial charge is 0.304 e. The zero-order chi connectivity index (χ0) is 9.23. The molecule has 4 heteroatoms. The van der Waals surface area contributed by atoms with Crippen LogP contribution in [0.2, 0.25) is 0 Å². The van der Waals surface area contributed by atoms with E-state index in [0.717, 1.165) is 25.4 Å². The highest BCUT2D eigenvalue weighted by Crippen LogP contribution is 2.04. The lowest BCUT2D eigenvalue weighted by Crippen LogP contribution is -1.98. The summed E-state index contributed by atoms with van der Waals surface area (Å²) in [7, 11) is 0. The molecule has 0 unspecified atom stereocenters. The fourth-order valence-electron chi connectivity index (χ4n) is 0.669. The SMILES string of the molecule is CCOCCCSCCC(=O)O. The summed E-state index contributed by atoms with van der Waals surface area (Å²) in [6.45, 7) is 3.52. The number of hydrogen-bond acceptors (Lipinski definition) is 3. The molecule has 0 aliphatic heterocycles. The average molecular weight is 192 g/mol. The predicted octanol–water partition coefficient (Wildman–Crippen LogP) is 1.62. The highest BCUT2D eigenvalue weighted by atomic mass is 32.2. The van der Waals surface area contributed by atoms with Crippen molar-refractivity contribution in [3.63, 3.8) is 0 Å². The Morgan fingerprint density at radius 2 is 2.25 bits per heavy atom. The van der Waals surface area contributed by atoms with E-state index in [1.807, 2.05) is 6.92 Å². The van der Waals surface area contributed by atoms with E-state index in [4.69, 9.17) is 9.84 Å². The van der Waals surface area contributed by atoms with Gasteiger partial charge >= 0.3 is 5.97 Å². The Balaban J connectivity index is 2.86. The van der Waals surface area contributed by atoms with Gasteiger partial charge in [0.2, 0.25) is 0 Å². The zero-order valence-electron chi connectivity index (χ0n) is 7.41. The molecule has 0 aromatic rings. The molecule has 0 aromatic carbocycles. The van der Waals surface area contributed by atoms with Crippen molar-refractivity contribution in [1.29, 1.82) is 0 Å². The minimum absolute atomic E-state index is 0.263. The number of rotatable bonds is 8. The molecule has 0 saturated carbocycles. The van der Waals surface area contributed by atoms with E-state index in [9.17, 15) is 4.79 Å². The highest BCUT2D eigenvalue weighted by molar-refractivity contribution is 7.99. The first-order chi connectivity index (χ1) is 5.77. The Labute approximate surface area is 77.5 Å². The minimum atomic E-state index is -0.715. The number of hydrogen-bond donors (Lipinski definition) is 1. The van der Waals surface area contributed by atoms with Gasteiger partial charge in [-0.15, -0.1) is 0 Å². The van der Waals surface area contributed by atoms with Crippen molar-refractivity contribution in [2.45, 2.75) is 19.8 Å². The predicted molar refractivity (Wildman–Crippen MR) is 50.7 cm³/mol. The fourth-order valence-corrected chi connectivity index (χ4v) is 1.51. The third-order valence-corrected chi connectivity index (χ3v) is 2.31. The Morgan fingerprint density at radius 3 is 2.83 bits per heavy atom. The molecular weight excluding hydrogens is 176 g/mol. The number of ether oxygens (including phenoxy) is 1. The first kappa shape index (κ1) is 11.8. The fraction of sp³-hybridized carbons (Fsp3) is 0.875. The number of carbonyl (C=O) groups is 1. The van der Waals surface area contributed by atoms with Gasteiger partial charge in [0, 0.05) is 19.0 Å². The topological polar surface area (TPSA) is 46.5 Å². The van der Waals surface area contributed by atoms with Crippen molar-refractivity contribution in [1.82, 2.24) is 0 Å². The van der Waals surface area contributed by atoms with Crippen LogP contribution in [0.15, 0.2) is 0 Å². The summed E-state index contributed by atoms with van der Waals surface area (Å²) >= 11 is 1.67. The second-order valence-corrected chi connectivity index (χ2v) is 3.53. The van der Waals surface area contributed by atoms with Gasteiger partial charge in [0.05, 0.1) is 6.42 Å². The Hall–Kier alpha value is -0.220. The van der Waals surface area contributed by atoms with Crippen molar-refractivity contribution < 1.29 is 14.6 Å². The molecule has 1 N–H and O–H groups in total. The Kier molecular flexibility index (Phi) is 8.71. The van der Waals surface area contributed by atoms with E-state index < -0.39 is 5.97 Å². The summed E-state index contributed by atoms with van der Waals surface area (Å²) in [4.78, 5) is 10.1. The molecule has 0 rings (SSSR count). The quantitative estimate of drug-likeness (QED) is 0.594. The summed E-state index contributed by atoms with van der Waals surface area (Å²) in [5, 5.41) is 8.32. The number of aliphatic carboxylic acids is 1. The summed E-state index contributed by atoms with van der Waals surface area (Å²) in [5.74, 6) is 0.988. The molecule has 0 atom stereocenters. The zero-order valence-corrected chi connectivity index (χ0v) is 8.23. The average Bonchev–Trinajstić information content (AvgIpc) is 2.02. The van der Waals surface area contributed by atoms with E-state index >= 15 is 0 Å². The van der Waals surface area contributed by atoms with Gasteiger partial charge < -0.3 is 9.84 Å². The van der Waals surface area contributed by atoms with Gasteiger partial charge in [0.15, 0.2) is 0 Å². The van der Waals surface area contributed by atoms with Crippen LogP contribution in [0.5, 0.6) is 0 Å². The normalized spacial score (nSPS) is 10.1. The first-order valence-corrected chi connectivity index (χ1v) is 5.30. The van der Waals surface area contributed by atoms with Gasteiger partial charge in [-0.2, -0.15) is 11.8 Å². The van der Waals surface area contributed by atoms with E-state index in [1.54, 1.807) is 11.8 Å². The van der Waals surface area contributed by atoms with Crippen molar-refractivity contribution in [3.8, 4) is 0 Å². The standard InChI is InChI=1S/C8H16O3S/c1-2-11-5-3-6-12-7-4-8(9)10/h2-7H2,1H3,(H,9,10). The van der Waals surface area contributed by atoms with Crippen LogP contribution < -0.4 is 0 Å². The summed E-state index contributed by atoms with van der Waals surface area (Å²) in [5.41, 5.74) is 0. The van der Waals surface area contributed by atoms with Gasteiger partial charge in [-0.05, 0) is 19.1 Å². The largest absolute Gasteiger partial charge is 0.481 e. The molecule has 0 radical (unpaired) electrons. The molecule has 0 aliphatic carbocycles. The lowest BCUT2D eigenvalue weighted by atomic mass is 10.5. The van der Waals surface area contributed by atoms with Crippen LogP contribution >= 0.6 is 11.8 Å². The first-order valence-electron chi connectivity index (χ1n) is 4.14. The molecule has 0 aromatic heterocycles. The van der Waals surface area contributed by atoms with E-state index in [-0.39, 0.29) is 6.42 Å². The van der Waals surface area contributed by atoms with Crippen LogP contribution in [0.4, 0.5) is 0 Å². The maximum Gasteiger partial charge on any atom is 0.304 e. The highest BCUT2D eigenvalue weighted by Gasteiger charge is 1.95. The molecule has 3 nitrogen and oxygen atoms in total. The van der Waals surface area contributed by atoms with Crippen molar-refractivity contribution in [2.75, 3.05) is 24.7 Å². The molecular formula is C8H16O3S. The number of carboxylic acids is 1. The Morgan fingerprint density at radius 1 is 1.50 bits per heavy atom. The summed E-state index contributed by atoms with van der Waals surface area (Å²) in [6.07, 6.45) is 1.28. The monoisotopic (exact) mass is 192 g/mol. The Bertz CT molecular complexity index is 117. The third kappa shape index (κ3) is 9.78. The molecule has 0 fully saturated rings. The third-order valence-electron chi connectivity index (χ3n) is 1.24. The van der Waals surface area contributed by atoms with Gasteiger partial charge in [-0.3, -0.25) is 4.79 Å². The molecule has 0 amide bonds. The molecule has 0 saturated heterocycles. The van der Waals surface area contributed by atoms with Crippen molar-refractivity contribution >= 4 is 17.7 Å².